The summed E-state index contributed by atoms with van der Waals surface area (Å²) in [6, 6.07) is 14.6. The van der Waals surface area contributed by atoms with Crippen molar-refractivity contribution >= 4 is 12.1 Å². The second kappa shape index (κ2) is 11.2. The van der Waals surface area contributed by atoms with Gasteiger partial charge in [0.05, 0.1) is 5.92 Å². The SMILES string of the molecule is CC(C)(C)OC(=O)[C@@H](Cc1cccc(COc2cccc(O)c2)c1)[C@H]1CCN(C(=O)OC(C)(C)C)C1. The zero-order valence-corrected chi connectivity index (χ0v) is 22.2. The molecule has 0 aliphatic carbocycles. The average Bonchev–Trinajstić information content (AvgIpc) is 3.24. The predicted octanol–water partition coefficient (Wildman–Crippen LogP) is 5.73. The van der Waals surface area contributed by atoms with Gasteiger partial charge in [0, 0.05) is 19.2 Å². The number of aromatic hydroxyl groups is 1. The van der Waals surface area contributed by atoms with Gasteiger partial charge in [0.25, 0.3) is 0 Å². The molecule has 0 aromatic heterocycles. The molecule has 1 aliphatic heterocycles. The molecule has 1 fully saturated rings. The molecule has 36 heavy (non-hydrogen) atoms. The van der Waals surface area contributed by atoms with Crippen molar-refractivity contribution in [1.29, 1.82) is 0 Å². The fourth-order valence-electron chi connectivity index (χ4n) is 4.27. The number of rotatable bonds is 7. The van der Waals surface area contributed by atoms with Gasteiger partial charge in [-0.25, -0.2) is 4.79 Å². The predicted molar refractivity (Wildman–Crippen MR) is 138 cm³/mol. The van der Waals surface area contributed by atoms with E-state index in [2.05, 4.69) is 0 Å². The molecule has 1 amide bonds. The van der Waals surface area contributed by atoms with Crippen LogP contribution in [0.2, 0.25) is 0 Å². The third kappa shape index (κ3) is 8.47. The summed E-state index contributed by atoms with van der Waals surface area (Å²) < 4.78 is 17.1. The molecular formula is C29H39NO6. The Morgan fingerprint density at radius 1 is 0.972 bits per heavy atom. The highest BCUT2D eigenvalue weighted by atomic mass is 16.6. The lowest BCUT2D eigenvalue weighted by atomic mass is 9.85. The summed E-state index contributed by atoms with van der Waals surface area (Å²) in [5, 5.41) is 9.64. The van der Waals surface area contributed by atoms with E-state index < -0.39 is 11.2 Å². The molecule has 1 aliphatic rings. The van der Waals surface area contributed by atoms with E-state index in [1.165, 1.54) is 0 Å². The first-order chi connectivity index (χ1) is 16.8. The average molecular weight is 498 g/mol. The van der Waals surface area contributed by atoms with E-state index in [1.54, 1.807) is 29.2 Å². The van der Waals surface area contributed by atoms with Crippen LogP contribution in [-0.4, -0.2) is 46.4 Å². The maximum absolute atomic E-state index is 13.3. The van der Waals surface area contributed by atoms with Gasteiger partial charge < -0.3 is 24.2 Å². The maximum Gasteiger partial charge on any atom is 0.410 e. The Kier molecular flexibility index (Phi) is 8.54. The van der Waals surface area contributed by atoms with Crippen LogP contribution in [0, 0.1) is 11.8 Å². The summed E-state index contributed by atoms with van der Waals surface area (Å²) in [6.07, 6.45) is 0.865. The number of hydrogen-bond acceptors (Lipinski definition) is 6. The van der Waals surface area contributed by atoms with Gasteiger partial charge in [0.1, 0.15) is 29.3 Å². The molecule has 0 unspecified atom stereocenters. The molecule has 1 N–H and O–H groups in total. The molecule has 2 aromatic rings. The quantitative estimate of drug-likeness (QED) is 0.492. The monoisotopic (exact) mass is 497 g/mol. The Morgan fingerprint density at radius 2 is 1.64 bits per heavy atom. The number of phenols is 1. The van der Waals surface area contributed by atoms with E-state index in [0.29, 0.717) is 38.3 Å². The fraction of sp³-hybridized carbons (Fsp3) is 0.517. The van der Waals surface area contributed by atoms with Crippen molar-refractivity contribution in [2.45, 2.75) is 72.2 Å². The van der Waals surface area contributed by atoms with Gasteiger partial charge in [0.2, 0.25) is 0 Å². The van der Waals surface area contributed by atoms with Crippen LogP contribution in [0.4, 0.5) is 4.79 Å². The third-order valence-corrected chi connectivity index (χ3v) is 5.83. The largest absolute Gasteiger partial charge is 0.508 e. The Bertz CT molecular complexity index is 1050. The maximum atomic E-state index is 13.3. The van der Waals surface area contributed by atoms with Crippen LogP contribution in [0.25, 0.3) is 0 Å². The van der Waals surface area contributed by atoms with Crippen molar-refractivity contribution in [3.63, 3.8) is 0 Å². The smallest absolute Gasteiger partial charge is 0.410 e. The summed E-state index contributed by atoms with van der Waals surface area (Å²) in [5.41, 5.74) is 0.787. The summed E-state index contributed by atoms with van der Waals surface area (Å²) in [7, 11) is 0. The molecule has 3 rings (SSSR count). The van der Waals surface area contributed by atoms with Crippen LogP contribution >= 0.6 is 0 Å². The Morgan fingerprint density at radius 3 is 2.31 bits per heavy atom. The van der Waals surface area contributed by atoms with Crippen molar-refractivity contribution in [3.8, 4) is 11.5 Å². The minimum atomic E-state index is -0.601. The van der Waals surface area contributed by atoms with E-state index >= 15 is 0 Å². The van der Waals surface area contributed by atoms with Gasteiger partial charge in [-0.05, 0) is 83.6 Å². The van der Waals surface area contributed by atoms with Gasteiger partial charge in [-0.2, -0.15) is 0 Å². The Hall–Kier alpha value is -3.22. The number of benzene rings is 2. The minimum Gasteiger partial charge on any atom is -0.508 e. The van der Waals surface area contributed by atoms with Crippen LogP contribution in [0.5, 0.6) is 11.5 Å². The van der Waals surface area contributed by atoms with Crippen LogP contribution in [-0.2, 0) is 27.3 Å². The number of esters is 1. The highest BCUT2D eigenvalue weighted by Gasteiger charge is 2.39. The van der Waals surface area contributed by atoms with Crippen molar-refractivity contribution < 1.29 is 28.9 Å². The molecule has 0 saturated carbocycles. The molecular weight excluding hydrogens is 458 g/mol. The fourth-order valence-corrected chi connectivity index (χ4v) is 4.27. The second-order valence-corrected chi connectivity index (χ2v) is 11.4. The summed E-state index contributed by atoms with van der Waals surface area (Å²) in [4.78, 5) is 27.6. The van der Waals surface area contributed by atoms with Crippen molar-refractivity contribution in [3.05, 3.63) is 59.7 Å². The number of carbonyl (C=O) groups is 2. The molecule has 2 aromatic carbocycles. The van der Waals surface area contributed by atoms with Gasteiger partial charge in [-0.3, -0.25) is 4.79 Å². The van der Waals surface area contributed by atoms with E-state index in [4.69, 9.17) is 14.2 Å². The number of likely N-dealkylation sites (tertiary alicyclic amines) is 1. The van der Waals surface area contributed by atoms with Crippen LogP contribution < -0.4 is 4.74 Å². The van der Waals surface area contributed by atoms with E-state index in [1.807, 2.05) is 65.8 Å². The molecule has 7 heteroatoms. The number of phenolic OH excluding ortho intramolecular Hbond substituents is 1. The first-order valence-electron chi connectivity index (χ1n) is 12.5. The second-order valence-electron chi connectivity index (χ2n) is 11.4. The molecule has 0 radical (unpaired) electrons. The molecule has 0 bridgehead atoms. The standard InChI is InChI=1S/C29H39NO6/c1-28(2,3)35-26(32)25(22-13-14-30(18-22)27(33)36-29(4,5)6)16-20-9-7-10-21(15-20)19-34-24-12-8-11-23(31)17-24/h7-12,15,17,22,25,31H,13-14,16,18-19H2,1-6H3/t22-,25-/m0/s1. The lowest BCUT2D eigenvalue weighted by molar-refractivity contribution is -0.161. The van der Waals surface area contributed by atoms with E-state index in [0.717, 1.165) is 11.1 Å². The Balaban J connectivity index is 1.72. The zero-order valence-electron chi connectivity index (χ0n) is 22.2. The molecule has 7 nitrogen and oxygen atoms in total. The molecule has 196 valence electrons. The zero-order chi connectivity index (χ0) is 26.5. The number of amides is 1. The highest BCUT2D eigenvalue weighted by molar-refractivity contribution is 5.74. The molecule has 1 heterocycles. The van der Waals surface area contributed by atoms with Crippen LogP contribution in [0.15, 0.2) is 48.5 Å². The number of carbonyl (C=O) groups excluding carboxylic acids is 2. The van der Waals surface area contributed by atoms with Gasteiger partial charge in [0.15, 0.2) is 0 Å². The number of nitrogens with zero attached hydrogens (tertiary/aromatic N) is 1. The van der Waals surface area contributed by atoms with Crippen molar-refractivity contribution in [2.75, 3.05) is 13.1 Å². The van der Waals surface area contributed by atoms with E-state index in [9.17, 15) is 14.7 Å². The van der Waals surface area contributed by atoms with Gasteiger partial charge in [-0.1, -0.05) is 30.3 Å². The first kappa shape index (κ1) is 27.4. The minimum absolute atomic E-state index is 0.0282. The lowest BCUT2D eigenvalue weighted by Crippen LogP contribution is -2.38. The summed E-state index contributed by atoms with van der Waals surface area (Å²) in [6.45, 7) is 12.5. The van der Waals surface area contributed by atoms with Gasteiger partial charge in [-0.15, -0.1) is 0 Å². The van der Waals surface area contributed by atoms with Crippen molar-refractivity contribution in [1.82, 2.24) is 4.90 Å². The van der Waals surface area contributed by atoms with Crippen molar-refractivity contribution in [2.24, 2.45) is 11.8 Å². The number of ether oxygens (including phenoxy) is 3. The third-order valence-electron chi connectivity index (χ3n) is 5.83. The molecule has 1 saturated heterocycles. The molecule has 0 spiro atoms. The first-order valence-corrected chi connectivity index (χ1v) is 12.5. The topological polar surface area (TPSA) is 85.3 Å². The highest BCUT2D eigenvalue weighted by Crippen LogP contribution is 2.31. The van der Waals surface area contributed by atoms with E-state index in [-0.39, 0.29) is 29.6 Å². The normalized spacial score (nSPS) is 16.9. The van der Waals surface area contributed by atoms with Crippen LogP contribution in [0.3, 0.4) is 0 Å². The number of hydrogen-bond donors (Lipinski definition) is 1. The summed E-state index contributed by atoms with van der Waals surface area (Å²) >= 11 is 0. The van der Waals surface area contributed by atoms with Crippen LogP contribution in [0.1, 0.15) is 59.1 Å². The Labute approximate surface area is 214 Å². The van der Waals surface area contributed by atoms with Gasteiger partial charge >= 0.3 is 12.1 Å². The summed E-state index contributed by atoms with van der Waals surface area (Å²) in [5.74, 6) is 0.0667. The molecule has 2 atom stereocenters. The lowest BCUT2D eigenvalue weighted by Gasteiger charge is -2.28.